The van der Waals surface area contributed by atoms with Crippen molar-refractivity contribution >= 4 is 26.4 Å². The van der Waals surface area contributed by atoms with Crippen LogP contribution in [0.5, 0.6) is 0 Å². The van der Waals surface area contributed by atoms with E-state index in [1.54, 1.807) is 6.20 Å². The number of pyridine rings is 1. The Hall–Kier alpha value is -1.32. The van der Waals surface area contributed by atoms with Gasteiger partial charge in [-0.25, -0.2) is 10.9 Å². The van der Waals surface area contributed by atoms with Crippen molar-refractivity contribution in [2.75, 3.05) is 0 Å². The van der Waals surface area contributed by atoms with Crippen molar-refractivity contribution in [3.8, 4) is 0 Å². The molecule has 0 radical (unpaired) electrons. The molecule has 0 spiro atoms. The van der Waals surface area contributed by atoms with Gasteiger partial charge in [-0.15, -0.1) is 9.24 Å². The number of nitrogens with two attached hydrogens (primary N) is 1. The van der Waals surface area contributed by atoms with E-state index in [0.717, 1.165) is 0 Å². The second-order valence-electron chi connectivity index (χ2n) is 3.01. The largest absolute Gasteiger partial charge is 0.275 e. The maximum absolute atomic E-state index is 11.6. The van der Waals surface area contributed by atoms with Crippen LogP contribution < -0.4 is 11.1 Å². The van der Waals surface area contributed by atoms with Crippen molar-refractivity contribution in [1.82, 2.24) is 9.99 Å². The Labute approximate surface area is 82.5 Å². The molecule has 1 aromatic heterocycles. The van der Waals surface area contributed by atoms with Crippen molar-refractivity contribution in [2.24, 2.45) is 5.84 Å². The summed E-state index contributed by atoms with van der Waals surface area (Å²) in [6.07, 6.45) is 3.20. The van der Waals surface area contributed by atoms with Gasteiger partial charge in [0, 0.05) is 17.7 Å². The van der Waals surface area contributed by atoms with Gasteiger partial charge in [0.05, 0.1) is 12.0 Å². The Balaban J connectivity index is 2.62. The number of rotatable bonds is 0. The van der Waals surface area contributed by atoms with E-state index in [1.807, 2.05) is 0 Å². The molecule has 1 aliphatic rings. The van der Waals surface area contributed by atoms with Gasteiger partial charge in [-0.05, 0) is 5.56 Å². The predicted molar refractivity (Wildman–Crippen MR) is 52.6 cm³/mol. The molecule has 72 valence electrons. The van der Waals surface area contributed by atoms with Crippen LogP contribution in [0.3, 0.4) is 0 Å². The van der Waals surface area contributed by atoms with Crippen LogP contribution >= 0.6 is 9.24 Å². The highest BCUT2D eigenvalue weighted by Crippen LogP contribution is 2.16. The Morgan fingerprint density at radius 3 is 2.86 bits per heavy atom. The smallest absolute Gasteiger partial charge is 0.273 e. The number of amides is 2. The van der Waals surface area contributed by atoms with Gasteiger partial charge in [-0.1, -0.05) is 0 Å². The molecule has 0 aromatic carbocycles. The van der Waals surface area contributed by atoms with E-state index in [9.17, 15) is 9.59 Å². The lowest BCUT2D eigenvalue weighted by molar-refractivity contribution is -0.128. The van der Waals surface area contributed by atoms with E-state index in [4.69, 9.17) is 5.84 Å². The van der Waals surface area contributed by atoms with Crippen molar-refractivity contribution in [1.29, 1.82) is 0 Å². The van der Waals surface area contributed by atoms with Gasteiger partial charge in [0.15, 0.2) is 0 Å². The van der Waals surface area contributed by atoms with Gasteiger partial charge >= 0.3 is 0 Å². The third kappa shape index (κ3) is 1.22. The van der Waals surface area contributed by atoms with Crippen LogP contribution in [0.2, 0.25) is 0 Å². The average molecular weight is 209 g/mol. The van der Waals surface area contributed by atoms with Gasteiger partial charge in [-0.2, -0.15) is 0 Å². The summed E-state index contributed by atoms with van der Waals surface area (Å²) in [5, 5.41) is 1.31. The van der Waals surface area contributed by atoms with Crippen molar-refractivity contribution in [3.05, 3.63) is 23.5 Å². The summed E-state index contributed by atoms with van der Waals surface area (Å²) in [5.41, 5.74) is 1.10. The van der Waals surface area contributed by atoms with Crippen LogP contribution in [0.4, 0.5) is 0 Å². The third-order valence-corrected chi connectivity index (χ3v) is 2.53. The number of fused-ring (bicyclic) bond motifs is 1. The van der Waals surface area contributed by atoms with E-state index in [1.165, 1.54) is 6.20 Å². The van der Waals surface area contributed by atoms with Crippen LogP contribution in [-0.4, -0.2) is 21.8 Å². The molecule has 5 nitrogen and oxygen atoms in total. The fourth-order valence-electron chi connectivity index (χ4n) is 1.40. The first-order valence-corrected chi connectivity index (χ1v) is 4.53. The Morgan fingerprint density at radius 2 is 2.14 bits per heavy atom. The van der Waals surface area contributed by atoms with Crippen molar-refractivity contribution in [2.45, 2.75) is 6.42 Å². The molecule has 2 rings (SSSR count). The lowest BCUT2D eigenvalue weighted by atomic mass is 10.0. The molecule has 1 unspecified atom stereocenters. The maximum atomic E-state index is 11.6. The highest BCUT2D eigenvalue weighted by Gasteiger charge is 2.30. The Bertz CT molecular complexity index is 433. The average Bonchev–Trinajstić information content (AvgIpc) is 2.14. The molecule has 2 N–H and O–H groups in total. The standard InChI is InChI=1S/C8H8N3O2P/c9-11-6(12)1-4-2-10-3-5(14)7(4)8(11)13/h2-3H,1,9,14H2. The van der Waals surface area contributed by atoms with Crippen LogP contribution in [-0.2, 0) is 11.2 Å². The fraction of sp³-hybridized carbons (Fsp3) is 0.125. The van der Waals surface area contributed by atoms with E-state index in [2.05, 4.69) is 14.2 Å². The number of hydrogen-bond donors (Lipinski definition) is 1. The topological polar surface area (TPSA) is 76.3 Å². The van der Waals surface area contributed by atoms with Gasteiger partial charge in [-0.3, -0.25) is 14.6 Å². The van der Waals surface area contributed by atoms with E-state index in [0.29, 0.717) is 21.4 Å². The highest BCUT2D eigenvalue weighted by molar-refractivity contribution is 7.27. The molecule has 1 aliphatic heterocycles. The van der Waals surface area contributed by atoms with Gasteiger partial charge in [0.1, 0.15) is 0 Å². The summed E-state index contributed by atoms with van der Waals surface area (Å²) < 4.78 is 0. The molecule has 0 aliphatic carbocycles. The predicted octanol–water partition coefficient (Wildman–Crippen LogP) is -1.02. The lowest BCUT2D eigenvalue weighted by Gasteiger charge is -2.22. The summed E-state index contributed by atoms with van der Waals surface area (Å²) in [7, 11) is 2.40. The number of carbonyl (C=O) groups is 2. The molecule has 2 amide bonds. The monoisotopic (exact) mass is 209 g/mol. The molecule has 0 saturated heterocycles. The van der Waals surface area contributed by atoms with Crippen molar-refractivity contribution < 1.29 is 9.59 Å². The highest BCUT2D eigenvalue weighted by atomic mass is 31.0. The van der Waals surface area contributed by atoms with Crippen LogP contribution in [0.15, 0.2) is 12.4 Å². The molecule has 0 bridgehead atoms. The summed E-state index contributed by atoms with van der Waals surface area (Å²) >= 11 is 0. The second kappa shape index (κ2) is 3.12. The molecular weight excluding hydrogens is 201 g/mol. The first-order chi connectivity index (χ1) is 6.61. The minimum Gasteiger partial charge on any atom is -0.273 e. The maximum Gasteiger partial charge on any atom is 0.275 e. The molecule has 0 saturated carbocycles. The molecule has 1 aromatic rings. The van der Waals surface area contributed by atoms with E-state index >= 15 is 0 Å². The molecule has 2 heterocycles. The quantitative estimate of drug-likeness (QED) is 0.257. The zero-order valence-electron chi connectivity index (χ0n) is 7.23. The molecular formula is C8H8N3O2P. The summed E-state index contributed by atoms with van der Waals surface area (Å²) in [4.78, 5) is 26.7. The first kappa shape index (κ1) is 9.24. The summed E-state index contributed by atoms with van der Waals surface area (Å²) in [6, 6.07) is 0. The minimum absolute atomic E-state index is 0.132. The molecule has 0 fully saturated rings. The van der Waals surface area contributed by atoms with Crippen LogP contribution in [0, 0.1) is 0 Å². The number of hydrogen-bond acceptors (Lipinski definition) is 4. The zero-order valence-corrected chi connectivity index (χ0v) is 8.38. The molecule has 1 atom stereocenters. The molecule has 14 heavy (non-hydrogen) atoms. The number of nitrogens with zero attached hydrogens (tertiary/aromatic N) is 2. The SMILES string of the molecule is NN1C(=O)Cc2cncc(P)c2C1=O. The van der Waals surface area contributed by atoms with Crippen LogP contribution in [0.1, 0.15) is 15.9 Å². The normalized spacial score (nSPS) is 15.7. The first-order valence-electron chi connectivity index (χ1n) is 3.95. The van der Waals surface area contributed by atoms with Gasteiger partial charge < -0.3 is 0 Å². The Morgan fingerprint density at radius 1 is 1.43 bits per heavy atom. The van der Waals surface area contributed by atoms with Crippen LogP contribution in [0.25, 0.3) is 0 Å². The number of aromatic nitrogens is 1. The number of carbonyl (C=O) groups excluding carboxylic acids is 2. The summed E-state index contributed by atoms with van der Waals surface area (Å²) in [5.74, 6) is 4.44. The summed E-state index contributed by atoms with van der Waals surface area (Å²) in [6.45, 7) is 0. The number of hydrazine groups is 1. The van der Waals surface area contributed by atoms with Gasteiger partial charge in [0.2, 0.25) is 5.91 Å². The zero-order chi connectivity index (χ0) is 10.3. The fourth-order valence-corrected chi connectivity index (χ4v) is 1.79. The second-order valence-corrected chi connectivity index (χ2v) is 3.63. The third-order valence-electron chi connectivity index (χ3n) is 2.10. The minimum atomic E-state index is -0.469. The van der Waals surface area contributed by atoms with E-state index < -0.39 is 11.8 Å². The lowest BCUT2D eigenvalue weighted by Crippen LogP contribution is -2.48. The molecule has 6 heteroatoms. The Kier molecular flexibility index (Phi) is 2.06. The van der Waals surface area contributed by atoms with Gasteiger partial charge in [0.25, 0.3) is 5.91 Å². The van der Waals surface area contributed by atoms with E-state index in [-0.39, 0.29) is 6.42 Å². The van der Waals surface area contributed by atoms with Crippen molar-refractivity contribution in [3.63, 3.8) is 0 Å². The number of imide groups is 1.